The lowest BCUT2D eigenvalue weighted by Gasteiger charge is -2.10. The van der Waals surface area contributed by atoms with E-state index in [2.05, 4.69) is 4.98 Å². The van der Waals surface area contributed by atoms with E-state index < -0.39 is 12.0 Å². The van der Waals surface area contributed by atoms with E-state index >= 15 is 0 Å². The molecule has 0 radical (unpaired) electrons. The molecule has 2 heterocycles. The van der Waals surface area contributed by atoms with Crippen LogP contribution in [0.2, 0.25) is 0 Å². The first kappa shape index (κ1) is 13.0. The van der Waals surface area contributed by atoms with Crippen molar-refractivity contribution in [3.8, 4) is 11.5 Å². The number of nitrogens with zero attached hydrogens (tertiary/aromatic N) is 2. The Morgan fingerprint density at radius 2 is 2.00 bits per heavy atom. The Kier molecular flexibility index (Phi) is 2.75. The summed E-state index contributed by atoms with van der Waals surface area (Å²) >= 11 is 4.69. The minimum absolute atomic E-state index is 0.0311. The summed E-state index contributed by atoms with van der Waals surface area (Å²) in [4.78, 5) is 3.54. The average Bonchev–Trinajstić information content (AvgIpc) is 2.89. The number of hydrogen-bond acceptors (Lipinski definition) is 4. The number of benzene rings is 1. The van der Waals surface area contributed by atoms with Crippen LogP contribution in [0.15, 0.2) is 12.1 Å². The number of aromatic nitrogens is 2. The fraction of sp³-hybridized carbons (Fsp3) is 0.273. The van der Waals surface area contributed by atoms with E-state index in [1.807, 2.05) is 0 Å². The summed E-state index contributed by atoms with van der Waals surface area (Å²) in [6, 6.07) is 2.85. The van der Waals surface area contributed by atoms with E-state index in [4.69, 9.17) is 27.4 Å². The highest BCUT2D eigenvalue weighted by Crippen LogP contribution is 2.38. The van der Waals surface area contributed by atoms with Crippen LogP contribution in [0.1, 0.15) is 5.82 Å². The molecule has 2 N–H and O–H groups in total. The summed E-state index contributed by atoms with van der Waals surface area (Å²) < 4.78 is 50.2. The van der Waals surface area contributed by atoms with E-state index in [0.717, 1.165) is 4.57 Å². The smallest absolute Gasteiger partial charge is 0.449 e. The Hall–Kier alpha value is -2.03. The summed E-state index contributed by atoms with van der Waals surface area (Å²) in [5.41, 5.74) is 5.75. The van der Waals surface area contributed by atoms with Crippen molar-refractivity contribution < 1.29 is 22.6 Å². The number of hydrogen-bond donors (Lipinski definition) is 1. The maximum atomic E-state index is 13.0. The van der Waals surface area contributed by atoms with Crippen LogP contribution in [0.25, 0.3) is 11.0 Å². The first-order valence-corrected chi connectivity index (χ1v) is 5.92. The van der Waals surface area contributed by atoms with E-state index in [-0.39, 0.29) is 29.4 Å². The highest BCUT2D eigenvalue weighted by molar-refractivity contribution is 7.80. The molecule has 0 atom stereocenters. The first-order chi connectivity index (χ1) is 9.36. The highest BCUT2D eigenvalue weighted by Gasteiger charge is 2.38. The third-order valence-corrected chi connectivity index (χ3v) is 2.94. The quantitative estimate of drug-likeness (QED) is 0.861. The zero-order valence-electron chi connectivity index (χ0n) is 9.90. The van der Waals surface area contributed by atoms with Gasteiger partial charge in [0.1, 0.15) is 0 Å². The lowest BCUT2D eigenvalue weighted by atomic mass is 10.2. The lowest BCUT2D eigenvalue weighted by molar-refractivity contribution is -0.146. The summed E-state index contributed by atoms with van der Waals surface area (Å²) in [7, 11) is 0. The van der Waals surface area contributed by atoms with E-state index in [9.17, 15) is 13.2 Å². The number of halogens is 3. The van der Waals surface area contributed by atoms with Gasteiger partial charge in [-0.25, -0.2) is 4.98 Å². The molecule has 0 aliphatic carbocycles. The SMILES string of the molecule is NC(=S)Cn1c(C(F)(F)F)nc2cc3c(cc21)OCO3. The van der Waals surface area contributed by atoms with Crippen LogP contribution in [-0.2, 0) is 12.7 Å². The molecular formula is C11H8F3N3O2S. The van der Waals surface area contributed by atoms with Gasteiger partial charge in [0.2, 0.25) is 12.6 Å². The molecule has 0 saturated heterocycles. The summed E-state index contributed by atoms with van der Waals surface area (Å²) in [6.45, 7) is -0.219. The molecule has 20 heavy (non-hydrogen) atoms. The molecule has 106 valence electrons. The molecule has 0 spiro atoms. The largest absolute Gasteiger partial charge is 0.454 e. The van der Waals surface area contributed by atoms with E-state index in [1.54, 1.807) is 0 Å². The van der Waals surface area contributed by atoms with Crippen molar-refractivity contribution in [1.82, 2.24) is 9.55 Å². The standard InChI is InChI=1S/C11H8F3N3O2S/c12-11(13,14)10-16-5-1-7-8(19-4-18-7)2-6(5)17(10)3-9(15)20/h1-2H,3-4H2,(H2,15,20). The topological polar surface area (TPSA) is 62.3 Å². The van der Waals surface area contributed by atoms with Gasteiger partial charge in [0, 0.05) is 12.1 Å². The lowest BCUT2D eigenvalue weighted by Crippen LogP contribution is -2.22. The molecule has 9 heteroatoms. The minimum Gasteiger partial charge on any atom is -0.454 e. The van der Waals surface area contributed by atoms with Gasteiger partial charge in [-0.05, 0) is 0 Å². The van der Waals surface area contributed by atoms with Crippen molar-refractivity contribution >= 4 is 28.2 Å². The van der Waals surface area contributed by atoms with Crippen LogP contribution in [0.5, 0.6) is 11.5 Å². The number of alkyl halides is 3. The van der Waals surface area contributed by atoms with Gasteiger partial charge in [-0.1, -0.05) is 12.2 Å². The van der Waals surface area contributed by atoms with Gasteiger partial charge >= 0.3 is 6.18 Å². The van der Waals surface area contributed by atoms with Gasteiger partial charge in [-0.15, -0.1) is 0 Å². The maximum Gasteiger partial charge on any atom is 0.449 e. The van der Waals surface area contributed by atoms with Crippen LogP contribution in [0.4, 0.5) is 13.2 Å². The molecule has 0 amide bonds. The maximum absolute atomic E-state index is 13.0. The van der Waals surface area contributed by atoms with E-state index in [1.165, 1.54) is 12.1 Å². The second kappa shape index (κ2) is 4.23. The van der Waals surface area contributed by atoms with Crippen molar-refractivity contribution in [1.29, 1.82) is 0 Å². The molecule has 3 rings (SSSR count). The number of fused-ring (bicyclic) bond motifs is 2. The Morgan fingerprint density at radius 3 is 2.60 bits per heavy atom. The Labute approximate surface area is 116 Å². The summed E-state index contributed by atoms with van der Waals surface area (Å²) in [5, 5.41) is 0. The van der Waals surface area contributed by atoms with Crippen molar-refractivity contribution in [3.63, 3.8) is 0 Å². The van der Waals surface area contributed by atoms with Crippen LogP contribution in [-0.4, -0.2) is 21.3 Å². The van der Waals surface area contributed by atoms with Crippen LogP contribution in [0, 0.1) is 0 Å². The molecule has 0 saturated carbocycles. The minimum atomic E-state index is -4.60. The van der Waals surface area contributed by atoms with Gasteiger partial charge in [0.25, 0.3) is 0 Å². The molecule has 0 bridgehead atoms. The van der Waals surface area contributed by atoms with Crippen molar-refractivity contribution in [2.24, 2.45) is 5.73 Å². The molecule has 1 aliphatic heterocycles. The predicted molar refractivity (Wildman–Crippen MR) is 67.6 cm³/mol. The first-order valence-electron chi connectivity index (χ1n) is 5.51. The van der Waals surface area contributed by atoms with Crippen molar-refractivity contribution in [2.75, 3.05) is 6.79 Å². The van der Waals surface area contributed by atoms with Gasteiger partial charge in [0.05, 0.1) is 22.6 Å². The average molecular weight is 303 g/mol. The molecule has 2 aromatic rings. The van der Waals surface area contributed by atoms with Crippen LogP contribution >= 0.6 is 12.2 Å². The van der Waals surface area contributed by atoms with Gasteiger partial charge < -0.3 is 19.8 Å². The number of nitrogens with two attached hydrogens (primary N) is 1. The number of ether oxygens (including phenoxy) is 2. The van der Waals surface area contributed by atoms with Crippen molar-refractivity contribution in [2.45, 2.75) is 12.7 Å². The van der Waals surface area contributed by atoms with Crippen LogP contribution < -0.4 is 15.2 Å². The monoisotopic (exact) mass is 303 g/mol. The Morgan fingerprint density at radius 1 is 1.35 bits per heavy atom. The molecule has 1 aromatic carbocycles. The number of rotatable bonds is 2. The second-order valence-corrected chi connectivity index (χ2v) is 4.70. The van der Waals surface area contributed by atoms with Gasteiger partial charge in [0.15, 0.2) is 11.5 Å². The molecule has 1 aromatic heterocycles. The molecule has 5 nitrogen and oxygen atoms in total. The Bertz CT molecular complexity index is 711. The van der Waals surface area contributed by atoms with E-state index in [0.29, 0.717) is 11.5 Å². The fourth-order valence-electron chi connectivity index (χ4n) is 2.05. The summed E-state index contributed by atoms with van der Waals surface area (Å²) in [5.74, 6) is -0.314. The Balaban J connectivity index is 2.26. The number of imidazole rings is 1. The predicted octanol–water partition coefficient (Wildman–Crippen LogP) is 2.07. The highest BCUT2D eigenvalue weighted by atomic mass is 32.1. The summed E-state index contributed by atoms with van der Waals surface area (Å²) in [6.07, 6.45) is -4.60. The molecule has 1 aliphatic rings. The van der Waals surface area contributed by atoms with Gasteiger partial charge in [-0.2, -0.15) is 13.2 Å². The fourth-order valence-corrected chi connectivity index (χ4v) is 2.18. The van der Waals surface area contributed by atoms with Crippen molar-refractivity contribution in [3.05, 3.63) is 18.0 Å². The zero-order valence-corrected chi connectivity index (χ0v) is 10.7. The van der Waals surface area contributed by atoms with Crippen LogP contribution in [0.3, 0.4) is 0 Å². The molecule has 0 unspecified atom stereocenters. The normalized spacial score (nSPS) is 13.9. The van der Waals surface area contributed by atoms with Gasteiger partial charge in [-0.3, -0.25) is 0 Å². The molecular weight excluding hydrogens is 295 g/mol. The number of thiocarbonyl (C=S) groups is 1. The third kappa shape index (κ3) is 2.03. The second-order valence-electron chi connectivity index (χ2n) is 4.18. The molecule has 0 fully saturated rings. The third-order valence-electron chi connectivity index (χ3n) is 2.81. The zero-order chi connectivity index (χ0) is 14.5.